The molecule has 7 heteroatoms. The first-order valence-corrected chi connectivity index (χ1v) is 7.23. The van der Waals surface area contributed by atoms with E-state index < -0.39 is 46.0 Å². The van der Waals surface area contributed by atoms with E-state index in [1.165, 1.54) is 4.90 Å². The van der Waals surface area contributed by atoms with Gasteiger partial charge in [0.15, 0.2) is 17.4 Å². The molecule has 0 aliphatic carbocycles. The summed E-state index contributed by atoms with van der Waals surface area (Å²) in [7, 11) is 0. The maximum absolute atomic E-state index is 14.2. The average Bonchev–Trinajstić information content (AvgIpc) is 2.54. The van der Waals surface area contributed by atoms with E-state index >= 15 is 0 Å². The molecule has 0 saturated heterocycles. The Morgan fingerprint density at radius 2 is 1.21 bits per heavy atom. The summed E-state index contributed by atoms with van der Waals surface area (Å²) >= 11 is 0. The summed E-state index contributed by atoms with van der Waals surface area (Å²) in [6.45, 7) is 4.32. The third kappa shape index (κ3) is 3.25. The van der Waals surface area contributed by atoms with E-state index in [1.807, 2.05) is 0 Å². The van der Waals surface area contributed by atoms with Gasteiger partial charge in [-0.05, 0) is 26.0 Å². The van der Waals surface area contributed by atoms with Gasteiger partial charge in [0.1, 0.15) is 17.5 Å². The first-order valence-electron chi connectivity index (χ1n) is 7.23. The summed E-state index contributed by atoms with van der Waals surface area (Å²) < 4.78 is 68.2. The molecule has 0 saturated carbocycles. The summed E-state index contributed by atoms with van der Waals surface area (Å²) in [4.78, 5) is 13.7. The van der Waals surface area contributed by atoms with Crippen molar-refractivity contribution in [1.82, 2.24) is 0 Å². The number of nitrogens with zero attached hydrogens (tertiary/aromatic N) is 1. The zero-order chi connectivity index (χ0) is 18.0. The van der Waals surface area contributed by atoms with Gasteiger partial charge in [0.25, 0.3) is 0 Å². The lowest BCUT2D eigenvalue weighted by Gasteiger charge is -2.22. The van der Waals surface area contributed by atoms with Crippen LogP contribution in [0, 0.1) is 29.1 Å². The Kier molecular flexibility index (Phi) is 5.21. The molecule has 0 amide bonds. The van der Waals surface area contributed by atoms with Gasteiger partial charge in [-0.15, -0.1) is 0 Å². The number of carbonyl (C=O) groups is 1. The first-order chi connectivity index (χ1) is 11.3. The fraction of sp³-hybridized carbons (Fsp3) is 0.235. The van der Waals surface area contributed by atoms with E-state index in [-0.39, 0.29) is 11.8 Å². The minimum absolute atomic E-state index is 0.0418. The molecule has 2 rings (SSSR count). The van der Waals surface area contributed by atoms with Crippen molar-refractivity contribution in [3.63, 3.8) is 0 Å². The summed E-state index contributed by atoms with van der Waals surface area (Å²) in [5, 5.41) is 0. The minimum atomic E-state index is -1.48. The van der Waals surface area contributed by atoms with Gasteiger partial charge in [0.05, 0.1) is 16.8 Å². The summed E-state index contributed by atoms with van der Waals surface area (Å²) in [6.07, 6.45) is 0. The molecule has 24 heavy (non-hydrogen) atoms. The van der Waals surface area contributed by atoms with Crippen LogP contribution in [0.4, 0.5) is 27.6 Å². The summed E-state index contributed by atoms with van der Waals surface area (Å²) in [5.74, 6) is -7.51. The van der Waals surface area contributed by atoms with E-state index in [1.54, 1.807) is 13.8 Å². The van der Waals surface area contributed by atoms with Gasteiger partial charge in [0.2, 0.25) is 0 Å². The van der Waals surface area contributed by atoms with Crippen LogP contribution in [0.3, 0.4) is 0 Å². The predicted octanol–water partition coefficient (Wildman–Crippen LogP) is 4.46. The fourth-order valence-corrected chi connectivity index (χ4v) is 2.36. The van der Waals surface area contributed by atoms with Crippen molar-refractivity contribution < 1.29 is 26.7 Å². The Balaban J connectivity index is 2.52. The van der Waals surface area contributed by atoms with Crippen LogP contribution in [0.1, 0.15) is 29.8 Å². The molecule has 0 unspecified atom stereocenters. The molecule has 0 aliphatic rings. The monoisotopic (exact) mass is 343 g/mol. The van der Waals surface area contributed by atoms with Gasteiger partial charge in [-0.2, -0.15) is 0 Å². The van der Waals surface area contributed by atoms with Crippen LogP contribution in [0.25, 0.3) is 0 Å². The SMILES string of the molecule is CCN(CC)c1cc(F)c(C(=O)c2cc(F)c(F)cc2F)cc1F. The average molecular weight is 343 g/mol. The zero-order valence-electron chi connectivity index (χ0n) is 13.0. The van der Waals surface area contributed by atoms with Gasteiger partial charge < -0.3 is 4.90 Å². The molecule has 0 radical (unpaired) electrons. The molecule has 0 bridgehead atoms. The predicted molar refractivity (Wildman–Crippen MR) is 79.7 cm³/mol. The molecule has 0 atom stereocenters. The molecule has 0 spiro atoms. The van der Waals surface area contributed by atoms with E-state index in [9.17, 15) is 26.7 Å². The molecular formula is C17H14F5NO. The molecule has 128 valence electrons. The third-order valence-corrected chi connectivity index (χ3v) is 3.64. The van der Waals surface area contributed by atoms with E-state index in [4.69, 9.17) is 0 Å². The number of rotatable bonds is 5. The molecular weight excluding hydrogens is 329 g/mol. The standard InChI is InChI=1S/C17H14F5NO/c1-3-23(4-2)16-8-12(19)10(6-15(16)22)17(24)9-5-13(20)14(21)7-11(9)18/h5-8H,3-4H2,1-2H3. The van der Waals surface area contributed by atoms with Gasteiger partial charge in [0, 0.05) is 25.2 Å². The highest BCUT2D eigenvalue weighted by Crippen LogP contribution is 2.26. The number of hydrogen-bond acceptors (Lipinski definition) is 2. The second kappa shape index (κ2) is 6.98. The maximum atomic E-state index is 14.2. The molecule has 2 aromatic rings. The minimum Gasteiger partial charge on any atom is -0.370 e. The number of anilines is 1. The highest BCUT2D eigenvalue weighted by Gasteiger charge is 2.23. The number of benzene rings is 2. The van der Waals surface area contributed by atoms with E-state index in [2.05, 4.69) is 0 Å². The molecule has 0 aromatic heterocycles. The summed E-state index contributed by atoms with van der Waals surface area (Å²) in [6, 6.07) is 1.96. The Morgan fingerprint density at radius 3 is 1.75 bits per heavy atom. The van der Waals surface area contributed by atoms with Crippen molar-refractivity contribution in [3.05, 3.63) is 64.5 Å². The topological polar surface area (TPSA) is 20.3 Å². The molecule has 0 fully saturated rings. The highest BCUT2D eigenvalue weighted by molar-refractivity contribution is 6.09. The number of halogens is 5. The van der Waals surface area contributed by atoms with Crippen LogP contribution in [0.2, 0.25) is 0 Å². The molecule has 0 heterocycles. The first kappa shape index (κ1) is 17.9. The lowest BCUT2D eigenvalue weighted by atomic mass is 10.0. The van der Waals surface area contributed by atoms with Gasteiger partial charge in [-0.3, -0.25) is 4.79 Å². The van der Waals surface area contributed by atoms with Crippen molar-refractivity contribution >= 4 is 11.5 Å². The van der Waals surface area contributed by atoms with Gasteiger partial charge >= 0.3 is 0 Å². The van der Waals surface area contributed by atoms with Crippen molar-refractivity contribution in [3.8, 4) is 0 Å². The fourth-order valence-electron chi connectivity index (χ4n) is 2.36. The van der Waals surface area contributed by atoms with Gasteiger partial charge in [-0.1, -0.05) is 0 Å². The molecule has 0 aliphatic heterocycles. The molecule has 2 nitrogen and oxygen atoms in total. The highest BCUT2D eigenvalue weighted by atomic mass is 19.2. The van der Waals surface area contributed by atoms with Crippen LogP contribution in [-0.2, 0) is 0 Å². The van der Waals surface area contributed by atoms with E-state index in [0.29, 0.717) is 25.2 Å². The summed E-state index contributed by atoms with van der Waals surface area (Å²) in [5.41, 5.74) is -1.67. The lowest BCUT2D eigenvalue weighted by Crippen LogP contribution is -2.23. The molecule has 0 N–H and O–H groups in total. The Hall–Kier alpha value is -2.44. The van der Waals surface area contributed by atoms with Crippen LogP contribution in [-0.4, -0.2) is 18.9 Å². The van der Waals surface area contributed by atoms with Crippen molar-refractivity contribution in [2.75, 3.05) is 18.0 Å². The molecule has 2 aromatic carbocycles. The van der Waals surface area contributed by atoms with Gasteiger partial charge in [-0.25, -0.2) is 22.0 Å². The quantitative estimate of drug-likeness (QED) is 0.454. The van der Waals surface area contributed by atoms with Crippen LogP contribution in [0.15, 0.2) is 24.3 Å². The number of carbonyl (C=O) groups excluding carboxylic acids is 1. The number of ketones is 1. The Labute approximate surface area is 135 Å². The van der Waals surface area contributed by atoms with Crippen LogP contribution < -0.4 is 4.90 Å². The van der Waals surface area contributed by atoms with Crippen molar-refractivity contribution in [2.24, 2.45) is 0 Å². The second-order valence-electron chi connectivity index (χ2n) is 5.03. The number of hydrogen-bond donors (Lipinski definition) is 0. The zero-order valence-corrected chi connectivity index (χ0v) is 13.0. The largest absolute Gasteiger partial charge is 0.370 e. The van der Waals surface area contributed by atoms with Crippen LogP contribution >= 0.6 is 0 Å². The second-order valence-corrected chi connectivity index (χ2v) is 5.03. The maximum Gasteiger partial charge on any atom is 0.199 e. The van der Waals surface area contributed by atoms with Crippen molar-refractivity contribution in [1.29, 1.82) is 0 Å². The Morgan fingerprint density at radius 1 is 0.750 bits per heavy atom. The smallest absolute Gasteiger partial charge is 0.199 e. The van der Waals surface area contributed by atoms with Crippen LogP contribution in [0.5, 0.6) is 0 Å². The lowest BCUT2D eigenvalue weighted by molar-refractivity contribution is 0.103. The normalized spacial score (nSPS) is 10.8. The third-order valence-electron chi connectivity index (χ3n) is 3.64. The van der Waals surface area contributed by atoms with E-state index in [0.717, 1.165) is 6.07 Å². The van der Waals surface area contributed by atoms with Crippen molar-refractivity contribution in [2.45, 2.75) is 13.8 Å². The Bertz CT molecular complexity index is 787.